The van der Waals surface area contributed by atoms with E-state index in [0.717, 1.165) is 48.5 Å². The van der Waals surface area contributed by atoms with Gasteiger partial charge in [0.1, 0.15) is 0 Å². The highest BCUT2D eigenvalue weighted by atomic mass is 16.1. The van der Waals surface area contributed by atoms with Crippen LogP contribution in [0.4, 0.5) is 5.69 Å². The number of nitrogens with zero attached hydrogens (tertiary/aromatic N) is 1. The normalized spacial score (nSPS) is 17.1. The van der Waals surface area contributed by atoms with E-state index in [4.69, 9.17) is 0 Å². The zero-order chi connectivity index (χ0) is 22.3. The molecule has 166 valence electrons. The lowest BCUT2D eigenvalue weighted by atomic mass is 9.98. The molecule has 0 aromatic heterocycles. The third-order valence-corrected chi connectivity index (χ3v) is 6.55. The Balaban J connectivity index is 1.39. The van der Waals surface area contributed by atoms with E-state index >= 15 is 0 Å². The summed E-state index contributed by atoms with van der Waals surface area (Å²) in [6.07, 6.45) is 4.37. The van der Waals surface area contributed by atoms with Crippen molar-refractivity contribution in [3.8, 4) is 0 Å². The lowest BCUT2D eigenvalue weighted by Gasteiger charge is -2.33. The fourth-order valence-corrected chi connectivity index (χ4v) is 4.64. The standard InChI is InChI=1S/C29H34N2O/c1-22-9-8-20-31(21-22)27-18-16-25(17-19-27)23(2)30-29(32)28-13-7-6-12-26(28)15-14-24-10-4-3-5-11-24/h3-7,10-13,16-19,22-23H,8-9,14-15,20-21H2,1-2H3,(H,30,32)/t22-,23+/m0/s1. The molecule has 3 aromatic carbocycles. The van der Waals surface area contributed by atoms with Gasteiger partial charge in [0, 0.05) is 24.3 Å². The first kappa shape index (κ1) is 22.1. The maximum atomic E-state index is 13.1. The van der Waals surface area contributed by atoms with Gasteiger partial charge in [-0.2, -0.15) is 0 Å². The van der Waals surface area contributed by atoms with Gasteiger partial charge in [0.2, 0.25) is 0 Å². The van der Waals surface area contributed by atoms with Gasteiger partial charge in [-0.15, -0.1) is 0 Å². The van der Waals surface area contributed by atoms with Crippen LogP contribution in [0, 0.1) is 5.92 Å². The summed E-state index contributed by atoms with van der Waals surface area (Å²) < 4.78 is 0. The Bertz CT molecular complexity index is 1010. The molecule has 1 saturated heterocycles. The van der Waals surface area contributed by atoms with Gasteiger partial charge >= 0.3 is 0 Å². The monoisotopic (exact) mass is 426 g/mol. The summed E-state index contributed by atoms with van der Waals surface area (Å²) in [5, 5.41) is 3.20. The second kappa shape index (κ2) is 10.5. The number of carbonyl (C=O) groups excluding carboxylic acids is 1. The number of benzene rings is 3. The maximum absolute atomic E-state index is 13.1. The second-order valence-corrected chi connectivity index (χ2v) is 9.12. The first-order valence-corrected chi connectivity index (χ1v) is 11.9. The molecule has 1 N–H and O–H groups in total. The molecule has 0 spiro atoms. The predicted octanol–water partition coefficient (Wildman–Crippen LogP) is 6.20. The van der Waals surface area contributed by atoms with Gasteiger partial charge in [0.15, 0.2) is 0 Å². The Kier molecular flexibility index (Phi) is 7.26. The van der Waals surface area contributed by atoms with E-state index in [9.17, 15) is 4.79 Å². The summed E-state index contributed by atoms with van der Waals surface area (Å²) in [5.74, 6) is 0.749. The van der Waals surface area contributed by atoms with Crippen molar-refractivity contribution in [2.24, 2.45) is 5.92 Å². The molecule has 32 heavy (non-hydrogen) atoms. The molecular formula is C29H34N2O. The van der Waals surface area contributed by atoms with E-state index in [1.165, 1.54) is 24.1 Å². The van der Waals surface area contributed by atoms with Gasteiger partial charge in [-0.25, -0.2) is 0 Å². The number of aryl methyl sites for hydroxylation is 2. The second-order valence-electron chi connectivity index (χ2n) is 9.12. The van der Waals surface area contributed by atoms with Gasteiger partial charge < -0.3 is 10.2 Å². The zero-order valence-corrected chi connectivity index (χ0v) is 19.3. The molecule has 0 aliphatic carbocycles. The van der Waals surface area contributed by atoms with Crippen molar-refractivity contribution in [1.82, 2.24) is 5.32 Å². The summed E-state index contributed by atoms with van der Waals surface area (Å²) in [6, 6.07) is 27.1. The minimum Gasteiger partial charge on any atom is -0.371 e. The van der Waals surface area contributed by atoms with E-state index in [-0.39, 0.29) is 11.9 Å². The number of nitrogens with one attached hydrogen (secondary N) is 1. The highest BCUT2D eigenvalue weighted by molar-refractivity contribution is 5.96. The van der Waals surface area contributed by atoms with Gasteiger partial charge in [-0.1, -0.05) is 67.6 Å². The lowest BCUT2D eigenvalue weighted by molar-refractivity contribution is 0.0939. The van der Waals surface area contributed by atoms with Gasteiger partial charge in [0.25, 0.3) is 5.91 Å². The number of rotatable bonds is 7. The van der Waals surface area contributed by atoms with Crippen LogP contribution in [0.5, 0.6) is 0 Å². The largest absolute Gasteiger partial charge is 0.371 e. The van der Waals surface area contributed by atoms with Crippen molar-refractivity contribution in [3.63, 3.8) is 0 Å². The molecule has 3 nitrogen and oxygen atoms in total. The topological polar surface area (TPSA) is 32.3 Å². The molecule has 0 saturated carbocycles. The fourth-order valence-electron chi connectivity index (χ4n) is 4.64. The molecular weight excluding hydrogens is 392 g/mol. The van der Waals surface area contributed by atoms with Crippen LogP contribution in [0.2, 0.25) is 0 Å². The minimum atomic E-state index is -0.0426. The SMILES string of the molecule is C[C@H]1CCCN(c2ccc([C@@H](C)NC(=O)c3ccccc3CCc3ccccc3)cc2)C1. The molecule has 0 unspecified atom stereocenters. The van der Waals surface area contributed by atoms with Crippen LogP contribution in [0.25, 0.3) is 0 Å². The predicted molar refractivity (Wildman–Crippen MR) is 133 cm³/mol. The van der Waals surface area contributed by atoms with E-state index in [1.54, 1.807) is 0 Å². The summed E-state index contributed by atoms with van der Waals surface area (Å²) >= 11 is 0. The van der Waals surface area contributed by atoms with Crippen LogP contribution in [-0.4, -0.2) is 19.0 Å². The fraction of sp³-hybridized carbons (Fsp3) is 0.345. The molecule has 1 heterocycles. The Morgan fingerprint density at radius 1 is 0.969 bits per heavy atom. The van der Waals surface area contributed by atoms with Crippen molar-refractivity contribution < 1.29 is 4.79 Å². The summed E-state index contributed by atoms with van der Waals surface area (Å²) in [6.45, 7) is 6.65. The molecule has 3 heteroatoms. The summed E-state index contributed by atoms with van der Waals surface area (Å²) in [5.41, 5.74) is 5.57. The van der Waals surface area contributed by atoms with Crippen LogP contribution in [0.15, 0.2) is 78.9 Å². The average Bonchev–Trinajstić information content (AvgIpc) is 2.83. The molecule has 3 aromatic rings. The van der Waals surface area contributed by atoms with Crippen LogP contribution < -0.4 is 10.2 Å². The van der Waals surface area contributed by atoms with Crippen LogP contribution in [0.1, 0.15) is 59.8 Å². The van der Waals surface area contributed by atoms with Gasteiger partial charge in [-0.05, 0) is 73.4 Å². The third-order valence-electron chi connectivity index (χ3n) is 6.55. The molecule has 0 bridgehead atoms. The molecule has 1 amide bonds. The average molecular weight is 427 g/mol. The minimum absolute atomic E-state index is 0.00454. The summed E-state index contributed by atoms with van der Waals surface area (Å²) in [7, 11) is 0. The van der Waals surface area contributed by atoms with Crippen LogP contribution in [0.3, 0.4) is 0 Å². The van der Waals surface area contributed by atoms with Crippen LogP contribution in [-0.2, 0) is 12.8 Å². The zero-order valence-electron chi connectivity index (χ0n) is 19.3. The van der Waals surface area contributed by atoms with Crippen molar-refractivity contribution in [1.29, 1.82) is 0 Å². The van der Waals surface area contributed by atoms with Crippen molar-refractivity contribution in [2.45, 2.75) is 45.6 Å². The lowest BCUT2D eigenvalue weighted by Crippen LogP contribution is -2.34. The van der Waals surface area contributed by atoms with E-state index in [2.05, 4.69) is 78.7 Å². The maximum Gasteiger partial charge on any atom is 0.252 e. The smallest absolute Gasteiger partial charge is 0.252 e. The first-order chi connectivity index (χ1) is 15.6. The molecule has 2 atom stereocenters. The number of piperidine rings is 1. The van der Waals surface area contributed by atoms with E-state index < -0.39 is 0 Å². The molecule has 1 aliphatic heterocycles. The number of hydrogen-bond donors (Lipinski definition) is 1. The number of amides is 1. The number of anilines is 1. The Morgan fingerprint density at radius 2 is 1.69 bits per heavy atom. The van der Waals surface area contributed by atoms with Gasteiger partial charge in [-0.3, -0.25) is 4.79 Å². The summed E-state index contributed by atoms with van der Waals surface area (Å²) in [4.78, 5) is 15.6. The Hall–Kier alpha value is -3.07. The van der Waals surface area contributed by atoms with Crippen LogP contribution >= 0.6 is 0 Å². The Morgan fingerprint density at radius 3 is 2.44 bits per heavy atom. The highest BCUT2D eigenvalue weighted by Crippen LogP contribution is 2.25. The number of hydrogen-bond acceptors (Lipinski definition) is 2. The van der Waals surface area contributed by atoms with Crippen molar-refractivity contribution >= 4 is 11.6 Å². The molecule has 0 radical (unpaired) electrons. The van der Waals surface area contributed by atoms with Crippen molar-refractivity contribution in [3.05, 3.63) is 101 Å². The third kappa shape index (κ3) is 5.59. The first-order valence-electron chi connectivity index (χ1n) is 11.9. The number of carbonyl (C=O) groups is 1. The highest BCUT2D eigenvalue weighted by Gasteiger charge is 2.18. The van der Waals surface area contributed by atoms with E-state index in [1.807, 2.05) is 24.3 Å². The quantitative estimate of drug-likeness (QED) is 0.488. The van der Waals surface area contributed by atoms with Gasteiger partial charge in [0.05, 0.1) is 6.04 Å². The van der Waals surface area contributed by atoms with E-state index in [0.29, 0.717) is 0 Å². The van der Waals surface area contributed by atoms with Crippen molar-refractivity contribution in [2.75, 3.05) is 18.0 Å². The Labute approximate surface area is 192 Å². The molecule has 1 aliphatic rings. The molecule has 1 fully saturated rings. The molecule has 4 rings (SSSR count).